The van der Waals surface area contributed by atoms with Crippen molar-refractivity contribution in [3.63, 3.8) is 0 Å². The van der Waals surface area contributed by atoms with Gasteiger partial charge in [0, 0.05) is 44.0 Å². The quantitative estimate of drug-likeness (QED) is 0.519. The Balaban J connectivity index is 1.17. The van der Waals surface area contributed by atoms with Gasteiger partial charge in [-0.05, 0) is 86.3 Å². The van der Waals surface area contributed by atoms with Crippen molar-refractivity contribution in [3.05, 3.63) is 23.8 Å². The van der Waals surface area contributed by atoms with Gasteiger partial charge in [0.2, 0.25) is 5.91 Å². The minimum absolute atomic E-state index is 0.0105. The van der Waals surface area contributed by atoms with E-state index in [4.69, 9.17) is 5.73 Å². The van der Waals surface area contributed by atoms with Gasteiger partial charge >= 0.3 is 6.18 Å². The van der Waals surface area contributed by atoms with Gasteiger partial charge < -0.3 is 16.0 Å². The number of nitrogens with one attached hydrogen (secondary N) is 1. The molecule has 8 heteroatoms. The molecule has 1 saturated heterocycles. The molecule has 0 aromatic heterocycles. The number of nitrogens with two attached hydrogens (primary N) is 1. The van der Waals surface area contributed by atoms with Crippen LogP contribution in [0.25, 0.3) is 0 Å². The summed E-state index contributed by atoms with van der Waals surface area (Å²) >= 11 is 0. The second-order valence-corrected chi connectivity index (χ2v) is 11.5. The molecule has 4 saturated carbocycles. The van der Waals surface area contributed by atoms with Crippen molar-refractivity contribution in [1.29, 1.82) is 0 Å². The molecule has 4 bridgehead atoms. The molecular formula is C27H39F3N4O. The summed E-state index contributed by atoms with van der Waals surface area (Å²) in [5.74, 6) is 4.04. The second-order valence-electron chi connectivity index (χ2n) is 11.5. The number of carbonyl (C=O) groups is 1. The van der Waals surface area contributed by atoms with E-state index in [9.17, 15) is 18.0 Å². The van der Waals surface area contributed by atoms with Crippen LogP contribution in [-0.2, 0) is 11.0 Å². The third-order valence-electron chi connectivity index (χ3n) is 9.20. The minimum Gasteiger partial charge on any atom is -0.398 e. The van der Waals surface area contributed by atoms with Crippen LogP contribution in [0.5, 0.6) is 0 Å². The van der Waals surface area contributed by atoms with Crippen LogP contribution >= 0.6 is 0 Å². The SMILES string of the molecule is CCCC(NC(=O)CC1C2CC3CC(C2)CC1C3)N1CCN(c2ccc(N)c(C(F)(F)F)c2)CC1. The molecule has 0 radical (unpaired) electrons. The van der Waals surface area contributed by atoms with Crippen molar-refractivity contribution in [2.75, 3.05) is 36.8 Å². The van der Waals surface area contributed by atoms with Crippen molar-refractivity contribution >= 4 is 17.3 Å². The van der Waals surface area contributed by atoms with Crippen LogP contribution in [0.15, 0.2) is 18.2 Å². The maximum absolute atomic E-state index is 13.3. The molecule has 6 rings (SSSR count). The molecule has 0 spiro atoms. The fraction of sp³-hybridized carbons (Fsp3) is 0.741. The predicted octanol–water partition coefficient (Wildman–Crippen LogP) is 5.11. The first-order valence-electron chi connectivity index (χ1n) is 13.5. The zero-order valence-electron chi connectivity index (χ0n) is 20.7. The molecule has 1 aromatic rings. The molecule has 1 heterocycles. The molecule has 5 nitrogen and oxygen atoms in total. The number of alkyl halides is 3. The number of piperazine rings is 1. The molecule has 5 fully saturated rings. The van der Waals surface area contributed by atoms with E-state index in [1.807, 2.05) is 4.90 Å². The molecular weight excluding hydrogens is 453 g/mol. The van der Waals surface area contributed by atoms with Crippen molar-refractivity contribution in [1.82, 2.24) is 10.2 Å². The Morgan fingerprint density at radius 3 is 2.26 bits per heavy atom. The van der Waals surface area contributed by atoms with Crippen molar-refractivity contribution in [3.8, 4) is 0 Å². The molecule has 5 aliphatic rings. The Morgan fingerprint density at radius 1 is 1.06 bits per heavy atom. The standard InChI is InChI=1S/C27H39F3N4O/c1-2-3-25(32-26(35)16-22-19-11-17-10-18(13-19)14-20(22)12-17)34-8-6-33(7-9-34)21-4-5-24(31)23(15-21)27(28,29)30/h4-5,15,17-20,22,25H,2-3,6-14,16,31H2,1H3,(H,32,35). The van der Waals surface area contributed by atoms with Gasteiger partial charge in [0.1, 0.15) is 0 Å². The number of carbonyl (C=O) groups excluding carboxylic acids is 1. The fourth-order valence-electron chi connectivity index (χ4n) is 7.73. The lowest BCUT2D eigenvalue weighted by Gasteiger charge is -2.54. The van der Waals surface area contributed by atoms with E-state index in [0.29, 0.717) is 44.2 Å². The highest BCUT2D eigenvalue weighted by Gasteiger charge is 2.48. The summed E-state index contributed by atoms with van der Waals surface area (Å²) < 4.78 is 39.9. The third-order valence-corrected chi connectivity index (χ3v) is 9.20. The maximum atomic E-state index is 13.3. The lowest BCUT2D eigenvalue weighted by atomic mass is 9.51. The monoisotopic (exact) mass is 492 g/mol. The predicted molar refractivity (Wildman–Crippen MR) is 132 cm³/mol. The number of halogens is 3. The van der Waals surface area contributed by atoms with E-state index in [1.54, 1.807) is 6.07 Å². The highest BCUT2D eigenvalue weighted by molar-refractivity contribution is 5.76. The number of amides is 1. The van der Waals surface area contributed by atoms with Crippen molar-refractivity contribution in [2.45, 2.75) is 70.6 Å². The minimum atomic E-state index is -4.46. The maximum Gasteiger partial charge on any atom is 0.418 e. The van der Waals surface area contributed by atoms with Gasteiger partial charge in [0.05, 0.1) is 11.7 Å². The zero-order chi connectivity index (χ0) is 24.7. The van der Waals surface area contributed by atoms with E-state index in [2.05, 4.69) is 17.1 Å². The summed E-state index contributed by atoms with van der Waals surface area (Å²) in [6.45, 7) is 4.77. The molecule has 1 unspecified atom stereocenters. The molecule has 3 N–H and O–H groups in total. The second kappa shape index (κ2) is 9.83. The number of nitrogen functional groups attached to an aromatic ring is 1. The highest BCUT2D eigenvalue weighted by Crippen LogP contribution is 2.57. The van der Waals surface area contributed by atoms with Crippen LogP contribution in [0.1, 0.15) is 63.9 Å². The summed E-state index contributed by atoms with van der Waals surface area (Å²) in [6.07, 6.45) is 4.76. The summed E-state index contributed by atoms with van der Waals surface area (Å²) in [6, 6.07) is 4.16. The Bertz CT molecular complexity index is 884. The normalized spacial score (nSPS) is 31.5. The molecule has 35 heavy (non-hydrogen) atoms. The Hall–Kier alpha value is -1.96. The zero-order valence-corrected chi connectivity index (χ0v) is 20.7. The number of anilines is 2. The topological polar surface area (TPSA) is 61.6 Å². The average Bonchev–Trinajstić information content (AvgIpc) is 2.80. The van der Waals surface area contributed by atoms with Gasteiger partial charge in [-0.15, -0.1) is 0 Å². The molecule has 1 atom stereocenters. The Morgan fingerprint density at radius 2 is 1.69 bits per heavy atom. The fourth-order valence-corrected chi connectivity index (χ4v) is 7.73. The number of hydrogen-bond donors (Lipinski definition) is 2. The largest absolute Gasteiger partial charge is 0.418 e. The summed E-state index contributed by atoms with van der Waals surface area (Å²) in [5, 5.41) is 3.34. The summed E-state index contributed by atoms with van der Waals surface area (Å²) in [5.41, 5.74) is 5.09. The molecule has 1 aromatic carbocycles. The van der Waals surface area contributed by atoms with E-state index in [0.717, 1.165) is 42.6 Å². The van der Waals surface area contributed by atoms with Crippen LogP contribution in [-0.4, -0.2) is 43.2 Å². The van der Waals surface area contributed by atoms with Gasteiger partial charge in [-0.1, -0.05) is 13.3 Å². The van der Waals surface area contributed by atoms with Crippen molar-refractivity contribution in [2.24, 2.45) is 29.6 Å². The Kier molecular flexibility index (Phi) is 6.94. The number of benzene rings is 1. The number of hydrogen-bond acceptors (Lipinski definition) is 4. The lowest BCUT2D eigenvalue weighted by Crippen LogP contribution is -2.56. The van der Waals surface area contributed by atoms with Crippen LogP contribution in [0.4, 0.5) is 24.5 Å². The summed E-state index contributed by atoms with van der Waals surface area (Å²) in [4.78, 5) is 17.4. The third kappa shape index (κ3) is 5.27. The lowest BCUT2D eigenvalue weighted by molar-refractivity contribution is -0.136. The van der Waals surface area contributed by atoms with Crippen LogP contribution in [0, 0.1) is 29.6 Å². The van der Waals surface area contributed by atoms with Gasteiger partial charge in [-0.25, -0.2) is 0 Å². The van der Waals surface area contributed by atoms with Gasteiger partial charge in [-0.2, -0.15) is 13.2 Å². The van der Waals surface area contributed by atoms with Crippen LogP contribution in [0.2, 0.25) is 0 Å². The molecule has 1 aliphatic heterocycles. The van der Waals surface area contributed by atoms with E-state index < -0.39 is 11.7 Å². The Labute approximate surface area is 206 Å². The van der Waals surface area contributed by atoms with E-state index in [1.165, 1.54) is 38.2 Å². The molecule has 194 valence electrons. The molecule has 1 amide bonds. The smallest absolute Gasteiger partial charge is 0.398 e. The first kappa shape index (κ1) is 24.7. The first-order valence-corrected chi connectivity index (χ1v) is 13.5. The average molecular weight is 493 g/mol. The summed E-state index contributed by atoms with van der Waals surface area (Å²) in [7, 11) is 0. The van der Waals surface area contributed by atoms with Crippen LogP contribution < -0.4 is 16.0 Å². The van der Waals surface area contributed by atoms with E-state index in [-0.39, 0.29) is 17.8 Å². The highest BCUT2D eigenvalue weighted by atomic mass is 19.4. The van der Waals surface area contributed by atoms with Gasteiger partial charge in [0.15, 0.2) is 0 Å². The number of rotatable bonds is 7. The van der Waals surface area contributed by atoms with Gasteiger partial charge in [-0.3, -0.25) is 9.69 Å². The van der Waals surface area contributed by atoms with Crippen LogP contribution in [0.3, 0.4) is 0 Å². The van der Waals surface area contributed by atoms with Gasteiger partial charge in [0.25, 0.3) is 0 Å². The van der Waals surface area contributed by atoms with E-state index >= 15 is 0 Å². The van der Waals surface area contributed by atoms with Crippen molar-refractivity contribution < 1.29 is 18.0 Å². The first-order chi connectivity index (χ1) is 16.7. The number of nitrogens with zero attached hydrogens (tertiary/aromatic N) is 2. The molecule has 4 aliphatic carbocycles.